The minimum Gasteiger partial charge on any atom is -0.310 e. The first kappa shape index (κ1) is 54.8. The van der Waals surface area contributed by atoms with Gasteiger partial charge < -0.3 is 19.6 Å². The second-order valence-corrected chi connectivity index (χ2v) is 24.6. The van der Waals surface area contributed by atoms with Crippen LogP contribution in [0.4, 0.5) is 68.2 Å². The average molecular weight is 1130 g/mol. The van der Waals surface area contributed by atoms with Crippen LogP contribution < -0.4 is 19.6 Å². The first-order valence-corrected chi connectivity index (χ1v) is 30.8. The molecule has 0 fully saturated rings. The van der Waals surface area contributed by atoms with Crippen LogP contribution in [-0.2, 0) is 16.2 Å². The van der Waals surface area contributed by atoms with E-state index in [2.05, 4.69) is 352 Å². The normalized spacial score (nSPS) is 13.8. The van der Waals surface area contributed by atoms with Gasteiger partial charge in [-0.25, -0.2) is 0 Å². The van der Waals surface area contributed by atoms with E-state index in [1.165, 1.54) is 66.8 Å². The van der Waals surface area contributed by atoms with Gasteiger partial charge in [0.25, 0.3) is 0 Å². The van der Waals surface area contributed by atoms with Crippen molar-refractivity contribution >= 4 is 68.2 Å². The maximum Gasteiger partial charge on any atom is 0.0465 e. The Labute approximate surface area is 514 Å². The zero-order valence-corrected chi connectivity index (χ0v) is 51.0. The van der Waals surface area contributed by atoms with E-state index in [0.717, 1.165) is 68.2 Å². The Morgan fingerprint density at radius 3 is 0.460 bits per heavy atom. The van der Waals surface area contributed by atoms with Gasteiger partial charge in [-0.2, -0.15) is 0 Å². The molecule has 0 amide bonds. The topological polar surface area (TPSA) is 13.0 Å². The molecule has 0 saturated heterocycles. The van der Waals surface area contributed by atoms with Crippen molar-refractivity contribution in [1.29, 1.82) is 0 Å². The van der Waals surface area contributed by atoms with Crippen molar-refractivity contribution in [3.63, 3.8) is 0 Å². The third kappa shape index (κ3) is 9.21. The average Bonchev–Trinajstić information content (AvgIpc) is 1.62. The SMILES string of the molecule is CC.CC1(C)c2cc(N(c3ccccc3)c3ccccc3)ccc2-c2ccc(N(c3ccccc3)c3ccc4c(c3)C(C)(C)c3cc(N(c5ccccc5)c5ccc6c(c5)C(C)(C)c5cc(N(c7ccccc7)c7ccccc7)ccc5-6)ccc3-4)cc21. The van der Waals surface area contributed by atoms with E-state index in [-0.39, 0.29) is 16.2 Å². The standard InChI is InChI=1S/C81H66N4.C2H6/c1-79(2)73-49-61(82(55-25-13-7-14-26-55)56-27-15-8-16-28-56)37-43-67(73)69-45-39-63(51-75(69)79)84(59-33-21-11-22-34-59)65-41-47-71-72-48-42-66(54-78(72)81(5,6)77(71)53-65)85(60-35-23-12-24-36-60)64-40-46-70-68-44-38-62(50-74(68)80(3,4)76(70)52-64)83(57-29-17-9-18-30-57)58-31-19-10-20-32-58;1-2/h7-54H,1-6H3;1-2H3. The summed E-state index contributed by atoms with van der Waals surface area (Å²) in [5.41, 5.74) is 28.5. The molecule has 12 aromatic rings. The smallest absolute Gasteiger partial charge is 0.0465 e. The number of anilines is 12. The van der Waals surface area contributed by atoms with Crippen molar-refractivity contribution in [2.45, 2.75) is 71.6 Å². The molecule has 3 aliphatic carbocycles. The number of nitrogens with zero attached hydrogens (tertiary/aromatic N) is 4. The molecule has 424 valence electrons. The number of hydrogen-bond acceptors (Lipinski definition) is 4. The Kier molecular flexibility index (Phi) is 13.7. The van der Waals surface area contributed by atoms with Crippen LogP contribution in [0.3, 0.4) is 0 Å². The summed E-state index contributed by atoms with van der Waals surface area (Å²) >= 11 is 0. The summed E-state index contributed by atoms with van der Waals surface area (Å²) < 4.78 is 0. The lowest BCUT2D eigenvalue weighted by Crippen LogP contribution is -2.19. The molecule has 0 aromatic heterocycles. The fourth-order valence-electron chi connectivity index (χ4n) is 14.2. The molecule has 87 heavy (non-hydrogen) atoms. The van der Waals surface area contributed by atoms with Gasteiger partial charge in [0.05, 0.1) is 0 Å². The summed E-state index contributed by atoms with van der Waals surface area (Å²) in [5, 5.41) is 0. The Bertz CT molecular complexity index is 4130. The van der Waals surface area contributed by atoms with Gasteiger partial charge in [-0.3, -0.25) is 0 Å². The fourth-order valence-corrected chi connectivity index (χ4v) is 14.2. The molecule has 15 rings (SSSR count). The summed E-state index contributed by atoms with van der Waals surface area (Å²) in [7, 11) is 0. The molecule has 4 heteroatoms. The highest BCUT2D eigenvalue weighted by Crippen LogP contribution is 2.57. The van der Waals surface area contributed by atoms with Crippen LogP contribution in [-0.4, -0.2) is 0 Å². The number of fused-ring (bicyclic) bond motifs is 9. The van der Waals surface area contributed by atoms with Gasteiger partial charge in [0.1, 0.15) is 0 Å². The van der Waals surface area contributed by atoms with E-state index in [1.807, 2.05) is 13.8 Å². The maximum atomic E-state index is 2.46. The molecule has 0 spiro atoms. The minimum atomic E-state index is -0.305. The Hall–Kier alpha value is -10.2. The van der Waals surface area contributed by atoms with Gasteiger partial charge >= 0.3 is 0 Å². The van der Waals surface area contributed by atoms with Crippen LogP contribution in [0.1, 0.15) is 88.8 Å². The van der Waals surface area contributed by atoms with E-state index >= 15 is 0 Å². The van der Waals surface area contributed by atoms with Crippen molar-refractivity contribution in [2.75, 3.05) is 19.6 Å². The van der Waals surface area contributed by atoms with Gasteiger partial charge in [0.15, 0.2) is 0 Å². The third-order valence-corrected chi connectivity index (χ3v) is 18.6. The summed E-state index contributed by atoms with van der Waals surface area (Å²) in [5.74, 6) is 0. The van der Waals surface area contributed by atoms with Crippen molar-refractivity contribution in [1.82, 2.24) is 0 Å². The van der Waals surface area contributed by atoms with Gasteiger partial charge in [-0.1, -0.05) is 201 Å². The van der Waals surface area contributed by atoms with E-state index in [4.69, 9.17) is 0 Å². The zero-order chi connectivity index (χ0) is 59.6. The highest BCUT2D eigenvalue weighted by Gasteiger charge is 2.41. The van der Waals surface area contributed by atoms with Crippen LogP contribution in [0.15, 0.2) is 291 Å². The monoisotopic (exact) mass is 1120 g/mol. The van der Waals surface area contributed by atoms with E-state index in [9.17, 15) is 0 Å². The Balaban J connectivity index is 0.00000330. The van der Waals surface area contributed by atoms with Crippen molar-refractivity contribution < 1.29 is 0 Å². The first-order chi connectivity index (χ1) is 42.4. The van der Waals surface area contributed by atoms with Crippen LogP contribution in [0.2, 0.25) is 0 Å². The molecule has 0 atom stereocenters. The summed E-state index contributed by atoms with van der Waals surface area (Å²) in [6, 6.07) is 107. The highest BCUT2D eigenvalue weighted by atomic mass is 15.2. The van der Waals surface area contributed by atoms with Gasteiger partial charge in [-0.05, 0) is 212 Å². The molecule has 0 unspecified atom stereocenters. The van der Waals surface area contributed by atoms with Crippen LogP contribution in [0.25, 0.3) is 33.4 Å². The van der Waals surface area contributed by atoms with Crippen LogP contribution in [0, 0.1) is 0 Å². The summed E-state index contributed by atoms with van der Waals surface area (Å²) in [6.45, 7) is 18.4. The van der Waals surface area contributed by atoms with E-state index in [0.29, 0.717) is 0 Å². The molecule has 0 saturated carbocycles. The van der Waals surface area contributed by atoms with Gasteiger partial charge in [0.2, 0.25) is 0 Å². The number of rotatable bonds is 12. The fraction of sp³-hybridized carbons (Fsp3) is 0.133. The minimum absolute atomic E-state index is 0.260. The summed E-state index contributed by atoms with van der Waals surface area (Å²) in [4.78, 5) is 9.64. The predicted octanol–water partition coefficient (Wildman–Crippen LogP) is 23.5. The molecule has 0 aliphatic heterocycles. The second-order valence-electron chi connectivity index (χ2n) is 24.6. The molecular formula is C83H72N4. The Morgan fingerprint density at radius 1 is 0.172 bits per heavy atom. The van der Waals surface area contributed by atoms with Gasteiger partial charge in [-0.15, -0.1) is 0 Å². The maximum absolute atomic E-state index is 2.46. The molecule has 0 N–H and O–H groups in total. The van der Waals surface area contributed by atoms with Gasteiger partial charge in [0, 0.05) is 84.5 Å². The largest absolute Gasteiger partial charge is 0.310 e. The predicted molar refractivity (Wildman–Crippen MR) is 369 cm³/mol. The number of benzene rings is 12. The van der Waals surface area contributed by atoms with Crippen LogP contribution >= 0.6 is 0 Å². The van der Waals surface area contributed by atoms with Crippen molar-refractivity contribution in [2.24, 2.45) is 0 Å². The van der Waals surface area contributed by atoms with Crippen molar-refractivity contribution in [3.05, 3.63) is 325 Å². The lowest BCUT2D eigenvalue weighted by Gasteiger charge is -2.30. The Morgan fingerprint density at radius 2 is 0.310 bits per heavy atom. The second kappa shape index (κ2) is 21.7. The zero-order valence-electron chi connectivity index (χ0n) is 51.0. The van der Waals surface area contributed by atoms with E-state index in [1.54, 1.807) is 0 Å². The van der Waals surface area contributed by atoms with E-state index < -0.39 is 0 Å². The number of hydrogen-bond donors (Lipinski definition) is 0. The first-order valence-electron chi connectivity index (χ1n) is 30.8. The molecule has 3 aliphatic rings. The molecule has 0 radical (unpaired) electrons. The quantitative estimate of drug-likeness (QED) is 0.121. The molecule has 4 nitrogen and oxygen atoms in total. The lowest BCUT2D eigenvalue weighted by molar-refractivity contribution is 0.660. The highest BCUT2D eigenvalue weighted by molar-refractivity contribution is 5.93. The third-order valence-electron chi connectivity index (χ3n) is 18.6. The summed E-state index contributed by atoms with van der Waals surface area (Å²) in [6.07, 6.45) is 0. The number of para-hydroxylation sites is 6. The molecule has 0 bridgehead atoms. The molecule has 12 aromatic carbocycles. The lowest BCUT2D eigenvalue weighted by atomic mass is 9.81. The van der Waals surface area contributed by atoms with Crippen molar-refractivity contribution in [3.8, 4) is 33.4 Å². The van der Waals surface area contributed by atoms with Crippen LogP contribution in [0.5, 0.6) is 0 Å². The molecular weight excluding hydrogens is 1050 g/mol. The molecule has 0 heterocycles.